The average Bonchev–Trinajstić information content (AvgIpc) is 2.79. The Hall–Kier alpha value is -3.27. The smallest absolute Gasteiger partial charge is 0.265 e. The van der Waals surface area contributed by atoms with Crippen LogP contribution < -0.4 is 14.8 Å². The van der Waals surface area contributed by atoms with Gasteiger partial charge in [-0.15, -0.1) is 0 Å². The summed E-state index contributed by atoms with van der Waals surface area (Å²) in [6, 6.07) is 23.6. The second kappa shape index (κ2) is 9.49. The molecule has 0 radical (unpaired) electrons. The van der Waals surface area contributed by atoms with Crippen molar-refractivity contribution in [2.24, 2.45) is 0 Å². The molecule has 0 fully saturated rings. The van der Waals surface area contributed by atoms with Crippen LogP contribution in [0.4, 0.5) is 5.69 Å². The molecule has 1 N–H and O–H groups in total. The van der Waals surface area contributed by atoms with Crippen LogP contribution in [0.25, 0.3) is 0 Å². The van der Waals surface area contributed by atoms with Crippen LogP contribution in [0.1, 0.15) is 36.5 Å². The third kappa shape index (κ3) is 5.01. The SMILES string of the molecule is C[C@@H](Oc1cccc2c1CCCC2)C(=O)Nc1ccc(OCc2ccccc2)cc1. The Labute approximate surface area is 177 Å². The molecule has 1 aliphatic carbocycles. The first kappa shape index (κ1) is 20.0. The second-order valence-corrected chi connectivity index (χ2v) is 7.65. The molecule has 0 aliphatic heterocycles. The number of fused-ring (bicyclic) bond motifs is 1. The van der Waals surface area contributed by atoms with E-state index in [-0.39, 0.29) is 5.91 Å². The van der Waals surface area contributed by atoms with Crippen molar-refractivity contribution in [3.05, 3.63) is 89.5 Å². The molecule has 0 saturated heterocycles. The van der Waals surface area contributed by atoms with E-state index in [1.807, 2.05) is 66.7 Å². The van der Waals surface area contributed by atoms with Gasteiger partial charge in [0.15, 0.2) is 6.10 Å². The van der Waals surface area contributed by atoms with E-state index in [1.165, 1.54) is 24.0 Å². The maximum absolute atomic E-state index is 12.6. The number of rotatable bonds is 7. The molecule has 0 unspecified atom stereocenters. The van der Waals surface area contributed by atoms with Gasteiger partial charge < -0.3 is 14.8 Å². The van der Waals surface area contributed by atoms with E-state index in [1.54, 1.807) is 6.92 Å². The van der Waals surface area contributed by atoms with Crippen molar-refractivity contribution in [2.75, 3.05) is 5.32 Å². The van der Waals surface area contributed by atoms with E-state index >= 15 is 0 Å². The summed E-state index contributed by atoms with van der Waals surface area (Å²) in [4.78, 5) is 12.6. The summed E-state index contributed by atoms with van der Waals surface area (Å²) in [5.74, 6) is 1.43. The zero-order chi connectivity index (χ0) is 20.8. The molecule has 4 heteroatoms. The molecule has 154 valence electrons. The minimum atomic E-state index is -0.576. The van der Waals surface area contributed by atoms with Gasteiger partial charge in [-0.25, -0.2) is 0 Å². The fourth-order valence-electron chi connectivity index (χ4n) is 3.72. The zero-order valence-electron chi connectivity index (χ0n) is 17.3. The molecule has 4 nitrogen and oxygen atoms in total. The number of anilines is 1. The quantitative estimate of drug-likeness (QED) is 0.565. The molecule has 4 rings (SSSR count). The molecule has 30 heavy (non-hydrogen) atoms. The number of hydrogen-bond acceptors (Lipinski definition) is 3. The van der Waals surface area contributed by atoms with Crippen LogP contribution >= 0.6 is 0 Å². The molecule has 0 saturated carbocycles. The van der Waals surface area contributed by atoms with Crippen molar-refractivity contribution in [3.8, 4) is 11.5 Å². The Morgan fingerprint density at radius 2 is 1.70 bits per heavy atom. The summed E-state index contributed by atoms with van der Waals surface area (Å²) in [6.07, 6.45) is 3.92. The summed E-state index contributed by atoms with van der Waals surface area (Å²) in [5, 5.41) is 2.92. The molecule has 3 aromatic carbocycles. The van der Waals surface area contributed by atoms with E-state index in [4.69, 9.17) is 9.47 Å². The first-order valence-corrected chi connectivity index (χ1v) is 10.5. The van der Waals surface area contributed by atoms with Gasteiger partial charge in [-0.05, 0) is 79.6 Å². The lowest BCUT2D eigenvalue weighted by atomic mass is 9.91. The maximum atomic E-state index is 12.6. The number of nitrogens with one attached hydrogen (secondary N) is 1. The normalized spacial score (nSPS) is 13.8. The van der Waals surface area contributed by atoms with Crippen LogP contribution in [0.15, 0.2) is 72.8 Å². The summed E-state index contributed by atoms with van der Waals surface area (Å²) >= 11 is 0. The van der Waals surface area contributed by atoms with Crippen molar-refractivity contribution in [2.45, 2.75) is 45.3 Å². The van der Waals surface area contributed by atoms with Crippen molar-refractivity contribution < 1.29 is 14.3 Å². The van der Waals surface area contributed by atoms with Gasteiger partial charge in [-0.3, -0.25) is 4.79 Å². The Morgan fingerprint density at radius 1 is 0.933 bits per heavy atom. The van der Waals surface area contributed by atoms with E-state index < -0.39 is 6.10 Å². The van der Waals surface area contributed by atoms with Crippen LogP contribution in [-0.2, 0) is 24.2 Å². The van der Waals surface area contributed by atoms with Gasteiger partial charge in [0.25, 0.3) is 5.91 Å². The van der Waals surface area contributed by atoms with Gasteiger partial charge in [-0.2, -0.15) is 0 Å². The summed E-state index contributed by atoms with van der Waals surface area (Å²) in [5.41, 5.74) is 4.43. The van der Waals surface area contributed by atoms with Crippen LogP contribution in [0, 0.1) is 0 Å². The van der Waals surface area contributed by atoms with Gasteiger partial charge in [0.05, 0.1) is 0 Å². The van der Waals surface area contributed by atoms with E-state index in [2.05, 4.69) is 11.4 Å². The molecular weight excluding hydrogens is 374 g/mol. The highest BCUT2D eigenvalue weighted by atomic mass is 16.5. The molecule has 1 aliphatic rings. The molecule has 1 atom stereocenters. The minimum absolute atomic E-state index is 0.165. The maximum Gasteiger partial charge on any atom is 0.265 e. The van der Waals surface area contributed by atoms with Crippen molar-refractivity contribution >= 4 is 11.6 Å². The monoisotopic (exact) mass is 401 g/mol. The number of hydrogen-bond donors (Lipinski definition) is 1. The van der Waals surface area contributed by atoms with Crippen LogP contribution in [0.3, 0.4) is 0 Å². The van der Waals surface area contributed by atoms with Gasteiger partial charge in [0, 0.05) is 5.69 Å². The largest absolute Gasteiger partial charge is 0.489 e. The van der Waals surface area contributed by atoms with Crippen LogP contribution in [0.2, 0.25) is 0 Å². The van der Waals surface area contributed by atoms with E-state index in [9.17, 15) is 4.79 Å². The standard InChI is InChI=1S/C26H27NO3/c1-19(30-25-13-7-11-21-10-5-6-12-24(21)25)26(28)27-22-14-16-23(17-15-22)29-18-20-8-3-2-4-9-20/h2-4,7-9,11,13-17,19H,5-6,10,12,18H2,1H3,(H,27,28)/t19-/m1/s1. The highest BCUT2D eigenvalue weighted by Gasteiger charge is 2.19. The number of carbonyl (C=O) groups excluding carboxylic acids is 1. The first-order valence-electron chi connectivity index (χ1n) is 10.5. The van der Waals surface area contributed by atoms with Crippen molar-refractivity contribution in [1.82, 2.24) is 0 Å². The summed E-state index contributed by atoms with van der Waals surface area (Å²) in [6.45, 7) is 2.30. The minimum Gasteiger partial charge on any atom is -0.489 e. The summed E-state index contributed by atoms with van der Waals surface area (Å²) in [7, 11) is 0. The predicted octanol–water partition coefficient (Wildman–Crippen LogP) is 5.55. The fraction of sp³-hybridized carbons (Fsp3) is 0.269. The fourth-order valence-corrected chi connectivity index (χ4v) is 3.72. The highest BCUT2D eigenvalue weighted by Crippen LogP contribution is 2.30. The van der Waals surface area contributed by atoms with Crippen LogP contribution in [0.5, 0.6) is 11.5 Å². The van der Waals surface area contributed by atoms with Gasteiger partial charge in [0.2, 0.25) is 0 Å². The number of aryl methyl sites for hydroxylation is 1. The highest BCUT2D eigenvalue weighted by molar-refractivity contribution is 5.94. The van der Waals surface area contributed by atoms with E-state index in [0.29, 0.717) is 6.61 Å². The lowest BCUT2D eigenvalue weighted by Crippen LogP contribution is -2.30. The number of amides is 1. The lowest BCUT2D eigenvalue weighted by molar-refractivity contribution is -0.122. The second-order valence-electron chi connectivity index (χ2n) is 7.65. The molecule has 3 aromatic rings. The average molecular weight is 402 g/mol. The predicted molar refractivity (Wildman–Crippen MR) is 119 cm³/mol. The molecule has 0 aromatic heterocycles. The topological polar surface area (TPSA) is 47.6 Å². The van der Waals surface area contributed by atoms with Crippen LogP contribution in [-0.4, -0.2) is 12.0 Å². The Bertz CT molecular complexity index is 983. The van der Waals surface area contributed by atoms with Gasteiger partial charge in [0.1, 0.15) is 18.1 Å². The third-order valence-electron chi connectivity index (χ3n) is 5.40. The first-order chi connectivity index (χ1) is 14.7. The lowest BCUT2D eigenvalue weighted by Gasteiger charge is -2.22. The molecular formula is C26H27NO3. The molecule has 0 spiro atoms. The van der Waals surface area contributed by atoms with Gasteiger partial charge in [-0.1, -0.05) is 42.5 Å². The van der Waals surface area contributed by atoms with E-state index in [0.717, 1.165) is 35.6 Å². The summed E-state index contributed by atoms with van der Waals surface area (Å²) < 4.78 is 11.8. The molecule has 0 heterocycles. The molecule has 0 bridgehead atoms. The number of benzene rings is 3. The Morgan fingerprint density at radius 3 is 2.50 bits per heavy atom. The third-order valence-corrected chi connectivity index (χ3v) is 5.40. The molecule has 1 amide bonds. The number of carbonyl (C=O) groups is 1. The Balaban J connectivity index is 1.32. The van der Waals surface area contributed by atoms with Crippen molar-refractivity contribution in [3.63, 3.8) is 0 Å². The number of ether oxygens (including phenoxy) is 2. The van der Waals surface area contributed by atoms with Crippen molar-refractivity contribution in [1.29, 1.82) is 0 Å². The Kier molecular flexibility index (Phi) is 6.33. The zero-order valence-corrected chi connectivity index (χ0v) is 17.3. The van der Waals surface area contributed by atoms with Gasteiger partial charge >= 0.3 is 0 Å².